The summed E-state index contributed by atoms with van der Waals surface area (Å²) < 4.78 is 0. The largest absolute Gasteiger partial charge is 3.00 e. The minimum atomic E-state index is 0. The molecule has 0 fully saturated rings. The maximum atomic E-state index is 4.97. The van der Waals surface area contributed by atoms with Gasteiger partial charge in [0.05, 0.1) is 0 Å². The Bertz CT molecular complexity index is 1090. The number of nitrogens with zero attached hydrogens (tertiary/aromatic N) is 1. The normalized spacial score (nSPS) is 12.3. The molecule has 0 heterocycles. The zero-order valence-corrected chi connectivity index (χ0v) is 20.2. The van der Waals surface area contributed by atoms with Gasteiger partial charge in [-0.2, -0.15) is 0 Å². The first-order valence-electron chi connectivity index (χ1n) is 9.86. The molecule has 0 saturated carbocycles. The zero-order valence-electron chi connectivity index (χ0n) is 17.2. The summed E-state index contributed by atoms with van der Waals surface area (Å²) >= 11 is 0. The van der Waals surface area contributed by atoms with Gasteiger partial charge in [-0.15, -0.1) is 5.69 Å². The number of benzene rings is 4. The molecule has 0 aromatic heterocycles. The average molecular weight is 479 g/mol. The van der Waals surface area contributed by atoms with Crippen molar-refractivity contribution in [2.24, 2.45) is 0 Å². The molecule has 1 aliphatic carbocycles. The summed E-state index contributed by atoms with van der Waals surface area (Å²) in [5, 5.41) is 4.97. The maximum Gasteiger partial charge on any atom is 3.00 e. The van der Waals surface area contributed by atoms with Gasteiger partial charge in [0.25, 0.3) is 0 Å². The van der Waals surface area contributed by atoms with Gasteiger partial charge in [-0.05, 0) is 27.8 Å². The van der Waals surface area contributed by atoms with Gasteiger partial charge in [0, 0.05) is 5.92 Å². The third kappa shape index (κ3) is 4.76. The first-order valence-corrected chi connectivity index (χ1v) is 9.86. The van der Waals surface area contributed by atoms with Crippen LogP contribution in [0.5, 0.6) is 0 Å². The number of halogens is 2. The SMILES string of the molecule is CC([N-]c1ccccc1)c1ccccc1C1c2ccccc2-c2ccccc21.[Cl-].[Cl-].[Ti+3]. The van der Waals surface area contributed by atoms with Crippen LogP contribution in [0.4, 0.5) is 5.69 Å². The van der Waals surface area contributed by atoms with Crippen LogP contribution < -0.4 is 24.8 Å². The van der Waals surface area contributed by atoms with Crippen LogP contribution in [0.1, 0.15) is 41.1 Å². The molecule has 4 aromatic rings. The van der Waals surface area contributed by atoms with E-state index in [0.29, 0.717) is 0 Å². The van der Waals surface area contributed by atoms with Gasteiger partial charge in [-0.25, -0.2) is 0 Å². The fraction of sp³-hybridized carbons (Fsp3) is 0.111. The predicted molar refractivity (Wildman–Crippen MR) is 117 cm³/mol. The van der Waals surface area contributed by atoms with Gasteiger partial charge < -0.3 is 30.1 Å². The third-order valence-electron chi connectivity index (χ3n) is 5.69. The van der Waals surface area contributed by atoms with Crippen molar-refractivity contribution in [3.63, 3.8) is 0 Å². The smallest absolute Gasteiger partial charge is 1.00 e. The fourth-order valence-electron chi connectivity index (χ4n) is 4.45. The van der Waals surface area contributed by atoms with E-state index in [0.717, 1.165) is 5.69 Å². The molecule has 0 bridgehead atoms. The van der Waals surface area contributed by atoms with Crippen LogP contribution in [-0.2, 0) is 21.7 Å². The summed E-state index contributed by atoms with van der Waals surface area (Å²) in [5.41, 5.74) is 9.16. The Labute approximate surface area is 212 Å². The molecule has 1 aliphatic rings. The molecule has 1 unspecified atom stereocenters. The molecule has 5 rings (SSSR count). The minimum absolute atomic E-state index is 0. The molecular weight excluding hydrogens is 457 g/mol. The number of para-hydroxylation sites is 1. The van der Waals surface area contributed by atoms with Crippen molar-refractivity contribution in [3.8, 4) is 11.1 Å². The molecular formula is C27H22Cl2NTi. The van der Waals surface area contributed by atoms with Crippen molar-refractivity contribution in [1.82, 2.24) is 0 Å². The van der Waals surface area contributed by atoms with Crippen LogP contribution in [0.25, 0.3) is 16.4 Å². The summed E-state index contributed by atoms with van der Waals surface area (Å²) in [6.07, 6.45) is 0. The summed E-state index contributed by atoms with van der Waals surface area (Å²) in [5.74, 6) is 0.261. The maximum absolute atomic E-state index is 4.97. The number of fused-ring (bicyclic) bond motifs is 3. The Morgan fingerprint density at radius 1 is 0.581 bits per heavy atom. The van der Waals surface area contributed by atoms with E-state index in [2.05, 4.69) is 91.9 Å². The molecule has 1 atom stereocenters. The van der Waals surface area contributed by atoms with Gasteiger partial charge in [-0.3, -0.25) is 0 Å². The van der Waals surface area contributed by atoms with Crippen molar-refractivity contribution in [2.75, 3.05) is 0 Å². The first kappa shape index (κ1) is 25.2. The average Bonchev–Trinajstić information content (AvgIpc) is 3.09. The molecule has 4 aromatic carbocycles. The number of rotatable bonds is 4. The van der Waals surface area contributed by atoms with E-state index in [1.54, 1.807) is 0 Å². The van der Waals surface area contributed by atoms with Crippen LogP contribution in [0.15, 0.2) is 103 Å². The van der Waals surface area contributed by atoms with Gasteiger partial charge in [0.2, 0.25) is 0 Å². The van der Waals surface area contributed by atoms with Crippen LogP contribution in [0.3, 0.4) is 0 Å². The van der Waals surface area contributed by atoms with Crippen LogP contribution >= 0.6 is 0 Å². The van der Waals surface area contributed by atoms with Gasteiger partial charge in [0.1, 0.15) is 0 Å². The summed E-state index contributed by atoms with van der Waals surface area (Å²) in [6.45, 7) is 2.19. The Morgan fingerprint density at radius 2 is 1.03 bits per heavy atom. The second-order valence-electron chi connectivity index (χ2n) is 7.38. The Balaban J connectivity index is 0.00000114. The third-order valence-corrected chi connectivity index (χ3v) is 5.69. The molecule has 31 heavy (non-hydrogen) atoms. The van der Waals surface area contributed by atoms with Gasteiger partial charge in [0.15, 0.2) is 0 Å². The van der Waals surface area contributed by atoms with Crippen molar-refractivity contribution in [3.05, 3.63) is 131 Å². The molecule has 0 spiro atoms. The molecule has 1 nitrogen and oxygen atoms in total. The monoisotopic (exact) mass is 478 g/mol. The van der Waals surface area contributed by atoms with Gasteiger partial charge in [-0.1, -0.05) is 122 Å². The molecule has 4 heteroatoms. The fourth-order valence-corrected chi connectivity index (χ4v) is 4.45. The number of hydrogen-bond donors (Lipinski definition) is 0. The van der Waals surface area contributed by atoms with Crippen molar-refractivity contribution in [2.45, 2.75) is 18.9 Å². The van der Waals surface area contributed by atoms with Crippen molar-refractivity contribution in [1.29, 1.82) is 0 Å². The van der Waals surface area contributed by atoms with E-state index in [9.17, 15) is 0 Å². The molecule has 1 radical (unpaired) electrons. The van der Waals surface area contributed by atoms with Crippen molar-refractivity contribution < 1.29 is 46.5 Å². The van der Waals surface area contributed by atoms with Crippen LogP contribution in [0, 0.1) is 0 Å². The quantitative estimate of drug-likeness (QED) is 0.348. The topological polar surface area (TPSA) is 14.1 Å². The number of hydrogen-bond acceptors (Lipinski definition) is 0. The van der Waals surface area contributed by atoms with Gasteiger partial charge >= 0.3 is 21.7 Å². The minimum Gasteiger partial charge on any atom is -1.00 e. The van der Waals surface area contributed by atoms with E-state index >= 15 is 0 Å². The van der Waals surface area contributed by atoms with Crippen molar-refractivity contribution >= 4 is 5.69 Å². The Hall–Kier alpha value is -2.03. The van der Waals surface area contributed by atoms with E-state index in [1.165, 1.54) is 33.4 Å². The van der Waals surface area contributed by atoms with E-state index in [4.69, 9.17) is 5.32 Å². The molecule has 153 valence electrons. The van der Waals surface area contributed by atoms with E-state index in [1.807, 2.05) is 18.2 Å². The summed E-state index contributed by atoms with van der Waals surface area (Å²) in [6, 6.07) is 36.7. The van der Waals surface area contributed by atoms with Crippen LogP contribution in [-0.4, -0.2) is 0 Å². The second-order valence-corrected chi connectivity index (χ2v) is 7.38. The second kappa shape index (κ2) is 11.0. The zero-order chi connectivity index (χ0) is 18.9. The Kier molecular flexibility index (Phi) is 8.97. The summed E-state index contributed by atoms with van der Waals surface area (Å²) in [4.78, 5) is 0. The molecule has 0 amide bonds. The molecule has 0 saturated heterocycles. The van der Waals surface area contributed by atoms with E-state index < -0.39 is 0 Å². The van der Waals surface area contributed by atoms with E-state index in [-0.39, 0.29) is 58.5 Å². The first-order chi connectivity index (χ1) is 13.8. The standard InChI is InChI=1S/C27H22N.2ClH.Ti/c1-19(28-20-11-3-2-4-12-20)21-13-5-8-16-24(21)27-25-17-9-6-14-22(25)23-15-7-10-18-26(23)27;;;/h2-19,27H,1H3;2*1H;/q-1;;;+3/p-2. The molecule has 0 N–H and O–H groups in total. The van der Waals surface area contributed by atoms with Crippen LogP contribution in [0.2, 0.25) is 0 Å². The summed E-state index contributed by atoms with van der Waals surface area (Å²) in [7, 11) is 0. The Morgan fingerprint density at radius 3 is 1.61 bits per heavy atom. The molecule has 0 aliphatic heterocycles. The predicted octanol–water partition coefficient (Wildman–Crippen LogP) is 1.62.